The molecule has 3 rings (SSSR count). The molecule has 0 saturated heterocycles. The van der Waals surface area contributed by atoms with Crippen molar-refractivity contribution in [2.24, 2.45) is 0 Å². The van der Waals surface area contributed by atoms with Gasteiger partial charge in [-0.25, -0.2) is 4.98 Å². The lowest BCUT2D eigenvalue weighted by Gasteiger charge is -2.11. The van der Waals surface area contributed by atoms with Crippen LogP contribution in [0, 0.1) is 6.92 Å². The molecule has 0 aliphatic heterocycles. The first-order valence-electron chi connectivity index (χ1n) is 8.11. The number of halogens is 2. The maximum Gasteiger partial charge on any atom is 0.229 e. The summed E-state index contributed by atoms with van der Waals surface area (Å²) in [5, 5.41) is 7.40. The Morgan fingerprint density at radius 1 is 0.885 bits per heavy atom. The molecule has 7 heteroatoms. The molecule has 5 nitrogen and oxygen atoms in total. The summed E-state index contributed by atoms with van der Waals surface area (Å²) >= 11 is 12.0. The lowest BCUT2D eigenvalue weighted by Crippen LogP contribution is -2.02. The smallest absolute Gasteiger partial charge is 0.229 e. The Balaban J connectivity index is 1.77. The Kier molecular flexibility index (Phi) is 5.81. The van der Waals surface area contributed by atoms with Crippen molar-refractivity contribution in [1.82, 2.24) is 9.97 Å². The maximum absolute atomic E-state index is 6.06. The summed E-state index contributed by atoms with van der Waals surface area (Å²) in [6.07, 6.45) is 0. The Morgan fingerprint density at radius 3 is 2.31 bits per heavy atom. The molecule has 0 amide bonds. The van der Waals surface area contributed by atoms with Gasteiger partial charge in [-0.15, -0.1) is 0 Å². The van der Waals surface area contributed by atoms with Crippen LogP contribution in [-0.4, -0.2) is 16.6 Å². The zero-order valence-electron chi connectivity index (χ0n) is 14.4. The zero-order valence-corrected chi connectivity index (χ0v) is 15.9. The molecule has 0 bridgehead atoms. The lowest BCUT2D eigenvalue weighted by atomic mass is 10.3. The largest absolute Gasteiger partial charge is 0.494 e. The van der Waals surface area contributed by atoms with E-state index in [-0.39, 0.29) is 0 Å². The molecular formula is C19H18Cl2N4O. The molecule has 0 atom stereocenters. The number of aromatic nitrogens is 2. The Hall–Kier alpha value is -2.50. The van der Waals surface area contributed by atoms with E-state index in [0.717, 1.165) is 22.8 Å². The standard InChI is InChI=1S/C19H18Cl2N4O/c1-3-26-15-7-4-13(5-8-15)24-19-22-12(2)10-18(25-19)23-14-6-9-16(20)17(21)11-14/h4-11H,3H2,1-2H3,(H2,22,23,24,25). The van der Waals surface area contributed by atoms with Crippen molar-refractivity contribution in [2.45, 2.75) is 13.8 Å². The number of ether oxygens (including phenoxy) is 1. The molecular weight excluding hydrogens is 371 g/mol. The van der Waals surface area contributed by atoms with E-state index in [1.165, 1.54) is 0 Å². The van der Waals surface area contributed by atoms with E-state index < -0.39 is 0 Å². The molecule has 0 radical (unpaired) electrons. The van der Waals surface area contributed by atoms with Crippen LogP contribution < -0.4 is 15.4 Å². The molecule has 0 aliphatic carbocycles. The number of nitrogens with one attached hydrogen (secondary N) is 2. The minimum absolute atomic E-state index is 0.482. The molecule has 2 N–H and O–H groups in total. The summed E-state index contributed by atoms with van der Waals surface area (Å²) in [4.78, 5) is 8.91. The monoisotopic (exact) mass is 388 g/mol. The van der Waals surface area contributed by atoms with Crippen molar-refractivity contribution >= 4 is 46.3 Å². The average molecular weight is 389 g/mol. The van der Waals surface area contributed by atoms with Crippen molar-refractivity contribution in [1.29, 1.82) is 0 Å². The quantitative estimate of drug-likeness (QED) is 0.543. The Morgan fingerprint density at radius 2 is 1.62 bits per heavy atom. The number of hydrogen-bond donors (Lipinski definition) is 2. The SMILES string of the molecule is CCOc1ccc(Nc2nc(C)cc(Nc3ccc(Cl)c(Cl)c3)n2)cc1. The van der Waals surface area contributed by atoms with Crippen LogP contribution in [0.3, 0.4) is 0 Å². The summed E-state index contributed by atoms with van der Waals surface area (Å²) in [7, 11) is 0. The first-order valence-corrected chi connectivity index (χ1v) is 8.86. The van der Waals surface area contributed by atoms with Crippen LogP contribution in [0.1, 0.15) is 12.6 Å². The van der Waals surface area contributed by atoms with Gasteiger partial charge < -0.3 is 15.4 Å². The average Bonchev–Trinajstić information content (AvgIpc) is 2.60. The van der Waals surface area contributed by atoms with Gasteiger partial charge in [0.25, 0.3) is 0 Å². The van der Waals surface area contributed by atoms with Crippen molar-refractivity contribution in [2.75, 3.05) is 17.2 Å². The predicted octanol–water partition coefficient (Wildman–Crippen LogP) is 5.98. The fraction of sp³-hybridized carbons (Fsp3) is 0.158. The fourth-order valence-electron chi connectivity index (χ4n) is 2.34. The fourth-order valence-corrected chi connectivity index (χ4v) is 2.64. The molecule has 2 aromatic carbocycles. The molecule has 3 aromatic rings. The second kappa shape index (κ2) is 8.25. The minimum Gasteiger partial charge on any atom is -0.494 e. The molecule has 0 saturated carbocycles. The predicted molar refractivity (Wildman–Crippen MR) is 107 cm³/mol. The van der Waals surface area contributed by atoms with E-state index in [1.54, 1.807) is 12.1 Å². The summed E-state index contributed by atoms with van der Waals surface area (Å²) in [6, 6.07) is 14.8. The van der Waals surface area contributed by atoms with E-state index in [0.29, 0.717) is 28.4 Å². The van der Waals surface area contributed by atoms with Gasteiger partial charge in [0.15, 0.2) is 0 Å². The van der Waals surface area contributed by atoms with Gasteiger partial charge in [-0.2, -0.15) is 4.98 Å². The first-order chi connectivity index (χ1) is 12.5. The van der Waals surface area contributed by atoms with E-state index in [4.69, 9.17) is 27.9 Å². The molecule has 1 aromatic heterocycles. The van der Waals surface area contributed by atoms with Crippen molar-refractivity contribution in [3.8, 4) is 5.75 Å². The summed E-state index contributed by atoms with van der Waals surface area (Å²) in [5.74, 6) is 1.98. The second-order valence-electron chi connectivity index (χ2n) is 5.55. The number of benzene rings is 2. The summed E-state index contributed by atoms with van der Waals surface area (Å²) in [6.45, 7) is 4.50. The normalized spacial score (nSPS) is 10.5. The minimum atomic E-state index is 0.482. The maximum atomic E-state index is 6.06. The third-order valence-electron chi connectivity index (χ3n) is 3.47. The van der Waals surface area contributed by atoms with Gasteiger partial charge in [0.1, 0.15) is 11.6 Å². The zero-order chi connectivity index (χ0) is 18.5. The first kappa shape index (κ1) is 18.3. The molecule has 0 unspecified atom stereocenters. The van der Waals surface area contributed by atoms with Gasteiger partial charge >= 0.3 is 0 Å². The second-order valence-corrected chi connectivity index (χ2v) is 6.37. The third kappa shape index (κ3) is 4.77. The topological polar surface area (TPSA) is 59.1 Å². The van der Waals surface area contributed by atoms with Crippen LogP contribution in [0.25, 0.3) is 0 Å². The molecule has 0 spiro atoms. The van der Waals surface area contributed by atoms with Crippen LogP contribution in [0.4, 0.5) is 23.1 Å². The molecule has 1 heterocycles. The van der Waals surface area contributed by atoms with Gasteiger partial charge in [-0.05, 0) is 56.3 Å². The highest BCUT2D eigenvalue weighted by Crippen LogP contribution is 2.27. The lowest BCUT2D eigenvalue weighted by molar-refractivity contribution is 0.340. The van der Waals surface area contributed by atoms with E-state index in [9.17, 15) is 0 Å². The van der Waals surface area contributed by atoms with Crippen LogP contribution in [0.15, 0.2) is 48.5 Å². The summed E-state index contributed by atoms with van der Waals surface area (Å²) < 4.78 is 5.44. The van der Waals surface area contributed by atoms with Gasteiger partial charge in [-0.1, -0.05) is 23.2 Å². The van der Waals surface area contributed by atoms with E-state index >= 15 is 0 Å². The number of hydrogen-bond acceptors (Lipinski definition) is 5. The Labute approximate surface area is 162 Å². The van der Waals surface area contributed by atoms with Gasteiger partial charge in [0.05, 0.1) is 16.7 Å². The third-order valence-corrected chi connectivity index (χ3v) is 4.21. The number of anilines is 4. The van der Waals surface area contributed by atoms with Crippen LogP contribution in [-0.2, 0) is 0 Å². The molecule has 26 heavy (non-hydrogen) atoms. The van der Waals surface area contributed by atoms with Crippen LogP contribution in [0.5, 0.6) is 5.75 Å². The van der Waals surface area contributed by atoms with Crippen LogP contribution in [0.2, 0.25) is 10.0 Å². The highest BCUT2D eigenvalue weighted by atomic mass is 35.5. The van der Waals surface area contributed by atoms with Crippen molar-refractivity contribution < 1.29 is 4.74 Å². The van der Waals surface area contributed by atoms with Crippen LogP contribution >= 0.6 is 23.2 Å². The number of rotatable bonds is 6. The molecule has 0 aliphatic rings. The highest BCUT2D eigenvalue weighted by molar-refractivity contribution is 6.42. The van der Waals surface area contributed by atoms with Crippen molar-refractivity contribution in [3.63, 3.8) is 0 Å². The van der Waals surface area contributed by atoms with Gasteiger partial charge in [0.2, 0.25) is 5.95 Å². The Bertz CT molecular complexity index is 901. The molecule has 134 valence electrons. The highest BCUT2D eigenvalue weighted by Gasteiger charge is 2.05. The van der Waals surface area contributed by atoms with E-state index in [1.807, 2.05) is 50.2 Å². The van der Waals surface area contributed by atoms with Gasteiger partial charge in [-0.3, -0.25) is 0 Å². The van der Waals surface area contributed by atoms with Crippen molar-refractivity contribution in [3.05, 3.63) is 64.3 Å². The molecule has 0 fully saturated rings. The number of aryl methyl sites for hydroxylation is 1. The van der Waals surface area contributed by atoms with E-state index in [2.05, 4.69) is 20.6 Å². The number of nitrogens with zero attached hydrogens (tertiary/aromatic N) is 2. The summed E-state index contributed by atoms with van der Waals surface area (Å²) in [5.41, 5.74) is 2.50. The van der Waals surface area contributed by atoms with Gasteiger partial charge in [0, 0.05) is 23.1 Å².